The fourth-order valence-electron chi connectivity index (χ4n) is 3.40. The number of rotatable bonds is 2. The van der Waals surface area contributed by atoms with Gasteiger partial charge in [0.15, 0.2) is 5.69 Å². The van der Waals surface area contributed by atoms with Crippen molar-refractivity contribution in [3.63, 3.8) is 0 Å². The lowest BCUT2D eigenvalue weighted by Gasteiger charge is -2.28. The van der Waals surface area contributed by atoms with Crippen molar-refractivity contribution in [2.24, 2.45) is 5.92 Å². The molecule has 2 aliphatic carbocycles. The lowest BCUT2D eigenvalue weighted by molar-refractivity contribution is -0.146. The maximum Gasteiger partial charge on any atom is 0.435 e. The summed E-state index contributed by atoms with van der Waals surface area (Å²) in [5, 5.41) is 12.9. The third-order valence-electron chi connectivity index (χ3n) is 4.71. The predicted molar refractivity (Wildman–Crippen MR) is 67.7 cm³/mol. The van der Waals surface area contributed by atoms with Gasteiger partial charge in [-0.15, -0.1) is 0 Å². The lowest BCUT2D eigenvalue weighted by Crippen LogP contribution is -2.28. The van der Waals surface area contributed by atoms with Gasteiger partial charge in [0.25, 0.3) is 5.92 Å². The third kappa shape index (κ3) is 3.00. The number of hydrogen-bond donors (Lipinski definition) is 1. The molecule has 2 aliphatic rings. The maximum atomic E-state index is 13.6. The fourth-order valence-corrected chi connectivity index (χ4v) is 3.40. The van der Waals surface area contributed by atoms with Crippen LogP contribution in [-0.4, -0.2) is 26.7 Å². The first-order chi connectivity index (χ1) is 10.9. The van der Waals surface area contributed by atoms with Gasteiger partial charge >= 0.3 is 6.18 Å². The predicted octanol–water partition coefficient (Wildman–Crippen LogP) is 3.95. The molecule has 0 spiro atoms. The normalized spacial score (nSPS) is 26.6. The van der Waals surface area contributed by atoms with Gasteiger partial charge in [-0.25, -0.2) is 17.6 Å². The highest BCUT2D eigenvalue weighted by Crippen LogP contribution is 2.48. The van der Waals surface area contributed by atoms with Gasteiger partial charge in [0, 0.05) is 24.9 Å². The van der Waals surface area contributed by atoms with E-state index >= 15 is 0 Å². The van der Waals surface area contributed by atoms with Crippen LogP contribution in [0.4, 0.5) is 30.7 Å². The number of aromatic nitrogens is 2. The zero-order chi connectivity index (χ0) is 17.9. The van der Waals surface area contributed by atoms with Crippen LogP contribution in [0.15, 0.2) is 0 Å². The van der Waals surface area contributed by atoms with E-state index in [0.29, 0.717) is 0 Å². The fraction of sp³-hybridized carbons (Fsp3) is 0.786. The van der Waals surface area contributed by atoms with Crippen molar-refractivity contribution < 1.29 is 35.8 Å². The Morgan fingerprint density at radius 3 is 2.25 bits per heavy atom. The van der Waals surface area contributed by atoms with E-state index in [9.17, 15) is 35.8 Å². The minimum absolute atomic E-state index is 0.0852. The van der Waals surface area contributed by atoms with E-state index in [1.54, 1.807) is 0 Å². The van der Waals surface area contributed by atoms with Crippen LogP contribution in [0.2, 0.25) is 0 Å². The van der Waals surface area contributed by atoms with Gasteiger partial charge in [0.05, 0.1) is 12.1 Å². The summed E-state index contributed by atoms with van der Waals surface area (Å²) in [5.41, 5.74) is -2.78. The summed E-state index contributed by atoms with van der Waals surface area (Å²) >= 11 is 0. The molecule has 1 atom stereocenters. The van der Waals surface area contributed by atoms with Crippen LogP contribution in [0, 0.1) is 5.92 Å². The molecular formula is C14H15F7N2O. The Kier molecular flexibility index (Phi) is 3.89. The lowest BCUT2D eigenvalue weighted by atomic mass is 9.87. The second-order valence-electron chi connectivity index (χ2n) is 6.53. The first-order valence-corrected chi connectivity index (χ1v) is 7.51. The molecule has 1 aromatic rings. The van der Waals surface area contributed by atoms with Crippen molar-refractivity contribution in [3.05, 3.63) is 17.0 Å². The molecule has 1 heterocycles. The molecule has 0 radical (unpaired) electrons. The monoisotopic (exact) mass is 360 g/mol. The number of aliphatic hydroxyl groups is 1. The van der Waals surface area contributed by atoms with Gasteiger partial charge in [0.1, 0.15) is 6.10 Å². The Morgan fingerprint density at radius 1 is 1.12 bits per heavy atom. The summed E-state index contributed by atoms with van der Waals surface area (Å²) in [4.78, 5) is 0. The van der Waals surface area contributed by atoms with Gasteiger partial charge in [-0.3, -0.25) is 4.68 Å². The summed E-state index contributed by atoms with van der Waals surface area (Å²) in [5.74, 6) is -6.85. The average Bonchev–Trinajstić information content (AvgIpc) is 2.88. The second-order valence-corrected chi connectivity index (χ2v) is 6.53. The van der Waals surface area contributed by atoms with Crippen LogP contribution in [0.5, 0.6) is 0 Å². The molecule has 0 saturated heterocycles. The molecule has 0 unspecified atom stereocenters. The molecule has 1 N–H and O–H groups in total. The first kappa shape index (κ1) is 17.5. The minimum atomic E-state index is -4.98. The van der Waals surface area contributed by atoms with Crippen molar-refractivity contribution >= 4 is 0 Å². The van der Waals surface area contributed by atoms with E-state index in [1.165, 1.54) is 0 Å². The minimum Gasteiger partial charge on any atom is -0.382 e. The molecular weight excluding hydrogens is 345 g/mol. The van der Waals surface area contributed by atoms with Crippen LogP contribution in [0.25, 0.3) is 0 Å². The highest BCUT2D eigenvalue weighted by atomic mass is 19.4. The van der Waals surface area contributed by atoms with Gasteiger partial charge in [-0.2, -0.15) is 18.3 Å². The molecule has 1 saturated carbocycles. The first-order valence-electron chi connectivity index (χ1n) is 7.51. The number of hydrogen-bond acceptors (Lipinski definition) is 2. The van der Waals surface area contributed by atoms with Crippen LogP contribution in [0.3, 0.4) is 0 Å². The van der Waals surface area contributed by atoms with E-state index in [-0.39, 0.29) is 43.8 Å². The maximum absolute atomic E-state index is 13.6. The second kappa shape index (κ2) is 5.34. The molecule has 0 bridgehead atoms. The molecule has 3 nitrogen and oxygen atoms in total. The molecule has 3 rings (SSSR count). The highest BCUT2D eigenvalue weighted by Gasteiger charge is 2.54. The van der Waals surface area contributed by atoms with Crippen molar-refractivity contribution in [3.8, 4) is 0 Å². The van der Waals surface area contributed by atoms with Crippen molar-refractivity contribution in [1.29, 1.82) is 0 Å². The number of aliphatic hydroxyl groups excluding tert-OH is 1. The van der Waals surface area contributed by atoms with Gasteiger partial charge in [0.2, 0.25) is 5.92 Å². The molecule has 1 fully saturated rings. The topological polar surface area (TPSA) is 38.1 Å². The van der Waals surface area contributed by atoms with Crippen LogP contribution in [-0.2, 0) is 19.1 Å². The molecule has 0 amide bonds. The van der Waals surface area contributed by atoms with E-state index in [4.69, 9.17) is 0 Å². The van der Waals surface area contributed by atoms with Gasteiger partial charge in [-0.05, 0) is 18.8 Å². The number of nitrogens with zero attached hydrogens (tertiary/aromatic N) is 2. The van der Waals surface area contributed by atoms with Gasteiger partial charge < -0.3 is 5.11 Å². The van der Waals surface area contributed by atoms with Crippen LogP contribution in [0.1, 0.15) is 48.7 Å². The van der Waals surface area contributed by atoms with Gasteiger partial charge in [-0.1, -0.05) is 0 Å². The molecule has 0 aromatic carbocycles. The molecule has 10 heteroatoms. The summed E-state index contributed by atoms with van der Waals surface area (Å²) in [6.07, 6.45) is -9.18. The number of alkyl halides is 7. The molecule has 136 valence electrons. The van der Waals surface area contributed by atoms with Crippen molar-refractivity contribution in [2.45, 2.75) is 62.8 Å². The Bertz CT molecular complexity index is 628. The summed E-state index contributed by atoms with van der Waals surface area (Å²) in [7, 11) is 0. The van der Waals surface area contributed by atoms with E-state index in [2.05, 4.69) is 5.10 Å². The van der Waals surface area contributed by atoms with E-state index in [1.807, 2.05) is 0 Å². The Labute approximate surface area is 132 Å². The zero-order valence-electron chi connectivity index (χ0n) is 12.4. The molecule has 0 aliphatic heterocycles. The quantitative estimate of drug-likeness (QED) is 0.811. The summed E-state index contributed by atoms with van der Waals surface area (Å²) < 4.78 is 93.5. The summed E-state index contributed by atoms with van der Waals surface area (Å²) in [6.45, 7) is -0.142. The Balaban J connectivity index is 1.89. The zero-order valence-corrected chi connectivity index (χ0v) is 12.4. The van der Waals surface area contributed by atoms with Crippen molar-refractivity contribution in [1.82, 2.24) is 9.78 Å². The van der Waals surface area contributed by atoms with Crippen molar-refractivity contribution in [2.75, 3.05) is 0 Å². The Morgan fingerprint density at radius 2 is 1.71 bits per heavy atom. The SMILES string of the molecule is O[C@H]1c2c(C(F)(F)F)nn(CC3CCC(F)(F)CC3)c2CC1(F)F. The summed E-state index contributed by atoms with van der Waals surface area (Å²) in [6, 6.07) is 0. The highest BCUT2D eigenvalue weighted by molar-refractivity contribution is 5.38. The van der Waals surface area contributed by atoms with E-state index < -0.39 is 41.8 Å². The molecule has 1 aromatic heterocycles. The largest absolute Gasteiger partial charge is 0.435 e. The standard InChI is InChI=1S/C14H15F7N2O/c15-12(16)3-1-7(2-4-12)6-23-8-5-13(17,18)11(24)9(8)10(22-23)14(19,20)21/h7,11,24H,1-6H2/t11-/m0/s1. The third-order valence-corrected chi connectivity index (χ3v) is 4.71. The number of fused-ring (bicyclic) bond motifs is 1. The average molecular weight is 360 g/mol. The Hall–Kier alpha value is -1.32. The van der Waals surface area contributed by atoms with Crippen LogP contribution < -0.4 is 0 Å². The smallest absolute Gasteiger partial charge is 0.382 e. The van der Waals surface area contributed by atoms with E-state index in [0.717, 1.165) is 4.68 Å². The molecule has 24 heavy (non-hydrogen) atoms. The number of halogens is 7. The van der Waals surface area contributed by atoms with Crippen LogP contribution >= 0.6 is 0 Å².